The first-order chi connectivity index (χ1) is 10.7. The summed E-state index contributed by atoms with van der Waals surface area (Å²) in [6.07, 6.45) is 0. The standard InChI is InChI=1S/C16H23NO5S/c1-5-21-11-8-7-10(9-12(11)22-6-2)14(18)17-13(15(19)20)16(3,4)23/h7-9,13,23H,5-6H2,1-4H3,(H,17,18)(H,19,20). The Kier molecular flexibility index (Phi) is 6.75. The zero-order chi connectivity index (χ0) is 17.6. The van der Waals surface area contributed by atoms with Crippen molar-refractivity contribution in [2.75, 3.05) is 13.2 Å². The van der Waals surface area contributed by atoms with Crippen LogP contribution in [-0.2, 0) is 4.79 Å². The third-order valence-electron chi connectivity index (χ3n) is 3.03. The Morgan fingerprint density at radius 3 is 2.26 bits per heavy atom. The van der Waals surface area contributed by atoms with E-state index in [9.17, 15) is 14.7 Å². The average molecular weight is 341 g/mol. The van der Waals surface area contributed by atoms with Gasteiger partial charge in [-0.15, -0.1) is 0 Å². The minimum Gasteiger partial charge on any atom is -0.490 e. The van der Waals surface area contributed by atoms with Crippen molar-refractivity contribution in [2.45, 2.75) is 38.5 Å². The third kappa shape index (κ3) is 5.35. The Morgan fingerprint density at radius 2 is 1.78 bits per heavy atom. The van der Waals surface area contributed by atoms with Gasteiger partial charge in [-0.05, 0) is 45.9 Å². The van der Waals surface area contributed by atoms with E-state index < -0.39 is 22.7 Å². The fraction of sp³-hybridized carbons (Fsp3) is 0.500. The van der Waals surface area contributed by atoms with E-state index >= 15 is 0 Å². The van der Waals surface area contributed by atoms with Crippen molar-refractivity contribution >= 4 is 24.5 Å². The molecule has 2 N–H and O–H groups in total. The van der Waals surface area contributed by atoms with E-state index in [1.807, 2.05) is 13.8 Å². The number of benzene rings is 1. The summed E-state index contributed by atoms with van der Waals surface area (Å²) in [6, 6.07) is 3.60. The Morgan fingerprint density at radius 1 is 1.22 bits per heavy atom. The first-order valence-electron chi connectivity index (χ1n) is 7.36. The Bertz CT molecular complexity index is 568. The molecule has 1 aromatic carbocycles. The molecule has 0 aliphatic carbocycles. The number of hydrogen-bond donors (Lipinski definition) is 3. The first-order valence-corrected chi connectivity index (χ1v) is 7.81. The van der Waals surface area contributed by atoms with Crippen LogP contribution in [0.2, 0.25) is 0 Å². The van der Waals surface area contributed by atoms with Crippen molar-refractivity contribution < 1.29 is 24.2 Å². The molecule has 1 amide bonds. The molecule has 128 valence electrons. The van der Waals surface area contributed by atoms with Crippen molar-refractivity contribution in [3.8, 4) is 11.5 Å². The zero-order valence-electron chi connectivity index (χ0n) is 13.8. The number of amides is 1. The summed E-state index contributed by atoms with van der Waals surface area (Å²) in [6.45, 7) is 7.82. The normalized spacial score (nSPS) is 12.4. The average Bonchev–Trinajstić information content (AvgIpc) is 2.45. The van der Waals surface area contributed by atoms with Gasteiger partial charge in [0.25, 0.3) is 5.91 Å². The quantitative estimate of drug-likeness (QED) is 0.632. The molecule has 0 saturated heterocycles. The van der Waals surface area contributed by atoms with Gasteiger partial charge < -0.3 is 19.9 Å². The largest absolute Gasteiger partial charge is 0.490 e. The molecule has 0 fully saturated rings. The van der Waals surface area contributed by atoms with Gasteiger partial charge in [0, 0.05) is 10.3 Å². The maximum atomic E-state index is 12.3. The number of aliphatic carboxylic acids is 1. The number of hydrogen-bond acceptors (Lipinski definition) is 5. The van der Waals surface area contributed by atoms with Gasteiger partial charge in [0.2, 0.25) is 0 Å². The van der Waals surface area contributed by atoms with Gasteiger partial charge in [-0.25, -0.2) is 4.79 Å². The van der Waals surface area contributed by atoms with Crippen molar-refractivity contribution in [3.05, 3.63) is 23.8 Å². The number of nitrogens with one attached hydrogen (secondary N) is 1. The molecule has 0 aromatic heterocycles. The van der Waals surface area contributed by atoms with E-state index in [1.54, 1.807) is 26.0 Å². The summed E-state index contributed by atoms with van der Waals surface area (Å²) >= 11 is 4.23. The molecule has 6 nitrogen and oxygen atoms in total. The summed E-state index contributed by atoms with van der Waals surface area (Å²) in [5, 5.41) is 11.7. The topological polar surface area (TPSA) is 84.9 Å². The van der Waals surface area contributed by atoms with E-state index in [0.717, 1.165) is 0 Å². The first kappa shape index (κ1) is 19.2. The van der Waals surface area contributed by atoms with E-state index in [4.69, 9.17) is 9.47 Å². The Labute approximate surface area is 141 Å². The van der Waals surface area contributed by atoms with Crippen molar-refractivity contribution in [1.82, 2.24) is 5.32 Å². The maximum absolute atomic E-state index is 12.3. The van der Waals surface area contributed by atoms with Crippen LogP contribution >= 0.6 is 12.6 Å². The van der Waals surface area contributed by atoms with Gasteiger partial charge in [-0.1, -0.05) is 0 Å². The van der Waals surface area contributed by atoms with Crippen molar-refractivity contribution in [3.63, 3.8) is 0 Å². The van der Waals surface area contributed by atoms with Gasteiger partial charge >= 0.3 is 5.97 Å². The van der Waals surface area contributed by atoms with Gasteiger partial charge in [-0.2, -0.15) is 12.6 Å². The molecule has 0 aliphatic heterocycles. The van der Waals surface area contributed by atoms with Crippen LogP contribution in [-0.4, -0.2) is 41.0 Å². The van der Waals surface area contributed by atoms with Gasteiger partial charge in [-0.3, -0.25) is 4.79 Å². The second-order valence-corrected chi connectivity index (χ2v) is 6.58. The predicted molar refractivity (Wildman–Crippen MR) is 90.7 cm³/mol. The summed E-state index contributed by atoms with van der Waals surface area (Å²) in [5.74, 6) is -0.674. The smallest absolute Gasteiger partial charge is 0.327 e. The lowest BCUT2D eigenvalue weighted by Gasteiger charge is -2.27. The van der Waals surface area contributed by atoms with Gasteiger partial charge in [0.15, 0.2) is 11.5 Å². The Hall–Kier alpha value is -1.89. The van der Waals surface area contributed by atoms with Gasteiger partial charge in [0.1, 0.15) is 6.04 Å². The fourth-order valence-corrected chi connectivity index (χ4v) is 2.12. The number of thiol groups is 1. The van der Waals surface area contributed by atoms with Crippen LogP contribution < -0.4 is 14.8 Å². The molecule has 1 unspecified atom stereocenters. The van der Waals surface area contributed by atoms with Crippen molar-refractivity contribution in [2.24, 2.45) is 0 Å². The molecular weight excluding hydrogens is 318 g/mol. The predicted octanol–water partition coefficient (Wildman–Crippen LogP) is 2.38. The summed E-state index contributed by atoms with van der Waals surface area (Å²) in [5.41, 5.74) is 0.292. The van der Waals surface area contributed by atoms with Crippen molar-refractivity contribution in [1.29, 1.82) is 0 Å². The van der Waals surface area contributed by atoms with Crippen LogP contribution in [0.3, 0.4) is 0 Å². The van der Waals surface area contributed by atoms with E-state index in [0.29, 0.717) is 30.3 Å². The van der Waals surface area contributed by atoms with Gasteiger partial charge in [0.05, 0.1) is 13.2 Å². The lowest BCUT2D eigenvalue weighted by molar-refractivity contribution is -0.139. The van der Waals surface area contributed by atoms with Crippen LogP contribution in [0, 0.1) is 0 Å². The summed E-state index contributed by atoms with van der Waals surface area (Å²) < 4.78 is 9.99. The second kappa shape index (κ2) is 8.10. The number of rotatable bonds is 8. The number of ether oxygens (including phenoxy) is 2. The molecule has 1 aromatic rings. The van der Waals surface area contributed by atoms with Crippen LogP contribution in [0.15, 0.2) is 18.2 Å². The highest BCUT2D eigenvalue weighted by Crippen LogP contribution is 2.28. The zero-order valence-corrected chi connectivity index (χ0v) is 14.6. The van der Waals surface area contributed by atoms with E-state index in [1.165, 1.54) is 6.07 Å². The van der Waals surface area contributed by atoms with Crippen LogP contribution in [0.5, 0.6) is 11.5 Å². The Balaban J connectivity index is 3.03. The highest BCUT2D eigenvalue weighted by molar-refractivity contribution is 7.81. The number of carbonyl (C=O) groups is 2. The van der Waals surface area contributed by atoms with E-state index in [-0.39, 0.29) is 0 Å². The molecule has 0 bridgehead atoms. The highest BCUT2D eigenvalue weighted by Gasteiger charge is 2.33. The number of carboxylic acids is 1. The third-order valence-corrected chi connectivity index (χ3v) is 3.29. The monoisotopic (exact) mass is 341 g/mol. The van der Waals surface area contributed by atoms with E-state index in [2.05, 4.69) is 17.9 Å². The molecule has 0 aliphatic rings. The molecular formula is C16H23NO5S. The van der Waals surface area contributed by atoms with Crippen LogP contribution in [0.4, 0.5) is 0 Å². The van der Waals surface area contributed by atoms with Crippen LogP contribution in [0.25, 0.3) is 0 Å². The molecule has 0 heterocycles. The minimum absolute atomic E-state index is 0.292. The maximum Gasteiger partial charge on any atom is 0.327 e. The summed E-state index contributed by atoms with van der Waals surface area (Å²) in [4.78, 5) is 23.6. The highest BCUT2D eigenvalue weighted by atomic mass is 32.1. The lowest BCUT2D eigenvalue weighted by atomic mass is 10.0. The molecule has 0 radical (unpaired) electrons. The molecule has 0 saturated carbocycles. The SMILES string of the molecule is CCOc1ccc(C(=O)NC(C(=O)O)C(C)(C)S)cc1OCC. The molecule has 0 spiro atoms. The minimum atomic E-state index is -1.14. The lowest BCUT2D eigenvalue weighted by Crippen LogP contribution is -2.51. The second-order valence-electron chi connectivity index (χ2n) is 5.43. The summed E-state index contributed by atoms with van der Waals surface area (Å²) in [7, 11) is 0. The number of carboxylic acid groups (broad SMARTS) is 1. The van der Waals surface area contributed by atoms with Crippen LogP contribution in [0.1, 0.15) is 38.1 Å². The molecule has 1 rings (SSSR count). The molecule has 23 heavy (non-hydrogen) atoms. The number of carbonyl (C=O) groups excluding carboxylic acids is 1. The molecule has 1 atom stereocenters. The fourth-order valence-electron chi connectivity index (χ4n) is 1.95. The molecule has 7 heteroatoms.